The van der Waals surface area contributed by atoms with Crippen LogP contribution in [0.2, 0.25) is 0 Å². The van der Waals surface area contributed by atoms with Crippen LogP contribution in [0.25, 0.3) is 0 Å². The maximum Gasteiger partial charge on any atom is 0.0431 e. The Balaban J connectivity index is 1.72. The van der Waals surface area contributed by atoms with Crippen LogP contribution in [0, 0.1) is 5.92 Å². The normalized spacial score (nSPS) is 27.5. The largest absolute Gasteiger partial charge is 0.396 e. The number of unbranched alkanes of at least 4 members (excludes halogenated alkanes) is 4. The first-order valence-corrected chi connectivity index (χ1v) is 6.01. The van der Waals surface area contributed by atoms with Crippen LogP contribution in [0.3, 0.4) is 0 Å². The summed E-state index contributed by atoms with van der Waals surface area (Å²) in [6.07, 6.45) is 9.06. The van der Waals surface area contributed by atoms with E-state index in [1.54, 1.807) is 0 Å². The van der Waals surface area contributed by atoms with Gasteiger partial charge in [-0.3, -0.25) is 0 Å². The van der Waals surface area contributed by atoms with Crippen LogP contribution in [0.15, 0.2) is 0 Å². The Labute approximate surface area is 83.7 Å². The lowest BCUT2D eigenvalue weighted by atomic mass is 10.1. The molecule has 1 aliphatic carbocycles. The maximum atomic E-state index is 8.55. The molecule has 0 heterocycles. The van der Waals surface area contributed by atoms with Crippen LogP contribution in [-0.4, -0.2) is 16.5 Å². The van der Waals surface area contributed by atoms with Crippen molar-refractivity contribution in [3.63, 3.8) is 0 Å². The predicted octanol–water partition coefficient (Wildman–Crippen LogP) is 3.10. The molecule has 0 bridgehead atoms. The third-order valence-electron chi connectivity index (χ3n) is 2.57. The van der Waals surface area contributed by atoms with Gasteiger partial charge in [-0.25, -0.2) is 0 Å². The molecule has 0 aromatic heterocycles. The minimum Gasteiger partial charge on any atom is -0.396 e. The number of rotatable bonds is 7. The second-order valence-corrected chi connectivity index (χ2v) is 4.97. The molecule has 0 saturated heterocycles. The molecular weight excluding hydrogens is 216 g/mol. The smallest absolute Gasteiger partial charge is 0.0431 e. The van der Waals surface area contributed by atoms with Gasteiger partial charge in [0.25, 0.3) is 0 Å². The van der Waals surface area contributed by atoms with E-state index in [0.717, 1.165) is 17.2 Å². The molecule has 72 valence electrons. The van der Waals surface area contributed by atoms with Gasteiger partial charge >= 0.3 is 0 Å². The number of halogens is 1. The third-order valence-corrected chi connectivity index (χ3v) is 3.69. The minimum absolute atomic E-state index is 0.367. The number of hydrogen-bond donors (Lipinski definition) is 1. The van der Waals surface area contributed by atoms with Gasteiger partial charge in [-0.2, -0.15) is 0 Å². The summed E-state index contributed by atoms with van der Waals surface area (Å²) in [5, 5.41) is 8.55. The van der Waals surface area contributed by atoms with Crippen molar-refractivity contribution in [2.24, 2.45) is 5.92 Å². The molecule has 1 N–H and O–H groups in total. The Hall–Kier alpha value is 0.440. The Kier molecular flexibility index (Phi) is 5.24. The number of aliphatic hydroxyl groups is 1. The van der Waals surface area contributed by atoms with Crippen molar-refractivity contribution in [2.75, 3.05) is 6.61 Å². The minimum atomic E-state index is 0.367. The van der Waals surface area contributed by atoms with Crippen molar-refractivity contribution < 1.29 is 5.11 Å². The molecule has 2 atom stereocenters. The molecule has 12 heavy (non-hydrogen) atoms. The van der Waals surface area contributed by atoms with Gasteiger partial charge < -0.3 is 5.11 Å². The van der Waals surface area contributed by atoms with Gasteiger partial charge in [0.1, 0.15) is 0 Å². The van der Waals surface area contributed by atoms with Crippen LogP contribution in [0.4, 0.5) is 0 Å². The standard InChI is InChI=1S/C10H19BrO/c11-10-8-9(10)6-4-2-1-3-5-7-12/h9-10,12H,1-8H2. The van der Waals surface area contributed by atoms with Crippen LogP contribution < -0.4 is 0 Å². The molecule has 2 heteroatoms. The van der Waals surface area contributed by atoms with Crippen LogP contribution in [0.1, 0.15) is 44.9 Å². The fraction of sp³-hybridized carbons (Fsp3) is 1.00. The number of hydrogen-bond acceptors (Lipinski definition) is 1. The number of aliphatic hydroxyl groups excluding tert-OH is 1. The van der Waals surface area contributed by atoms with Crippen molar-refractivity contribution in [2.45, 2.75) is 49.8 Å². The molecule has 1 nitrogen and oxygen atoms in total. The van der Waals surface area contributed by atoms with Crippen molar-refractivity contribution >= 4 is 15.9 Å². The molecular formula is C10H19BrO. The average Bonchev–Trinajstić information content (AvgIpc) is 2.74. The molecule has 0 aromatic rings. The molecule has 1 aliphatic rings. The topological polar surface area (TPSA) is 20.2 Å². The van der Waals surface area contributed by atoms with E-state index in [2.05, 4.69) is 15.9 Å². The number of alkyl halides is 1. The quantitative estimate of drug-likeness (QED) is 0.531. The predicted molar refractivity (Wildman–Crippen MR) is 55.6 cm³/mol. The summed E-state index contributed by atoms with van der Waals surface area (Å²) in [5.74, 6) is 0.989. The van der Waals surface area contributed by atoms with Crippen molar-refractivity contribution in [1.82, 2.24) is 0 Å². The molecule has 1 fully saturated rings. The van der Waals surface area contributed by atoms with Crippen LogP contribution >= 0.6 is 15.9 Å². The zero-order valence-electron chi connectivity index (χ0n) is 7.64. The Morgan fingerprint density at radius 3 is 2.25 bits per heavy atom. The lowest BCUT2D eigenvalue weighted by Gasteiger charge is -1.98. The van der Waals surface area contributed by atoms with Gasteiger partial charge in [-0.1, -0.05) is 41.6 Å². The van der Waals surface area contributed by atoms with Gasteiger partial charge in [0, 0.05) is 11.4 Å². The molecule has 1 rings (SSSR count). The SMILES string of the molecule is OCCCCCCCC1CC1Br. The Morgan fingerprint density at radius 1 is 1.08 bits per heavy atom. The van der Waals surface area contributed by atoms with E-state index in [1.165, 1.54) is 38.5 Å². The average molecular weight is 235 g/mol. The molecule has 0 aromatic carbocycles. The summed E-state index contributed by atoms with van der Waals surface area (Å²) >= 11 is 3.61. The summed E-state index contributed by atoms with van der Waals surface area (Å²) < 4.78 is 0. The molecule has 0 aliphatic heterocycles. The fourth-order valence-electron chi connectivity index (χ4n) is 1.56. The van der Waals surface area contributed by atoms with E-state index < -0.39 is 0 Å². The highest BCUT2D eigenvalue weighted by Gasteiger charge is 2.33. The second-order valence-electron chi connectivity index (χ2n) is 3.79. The highest BCUT2D eigenvalue weighted by atomic mass is 79.9. The first kappa shape index (κ1) is 10.5. The fourth-order valence-corrected chi connectivity index (χ4v) is 2.30. The molecule has 0 spiro atoms. The van der Waals surface area contributed by atoms with Crippen LogP contribution in [-0.2, 0) is 0 Å². The maximum absolute atomic E-state index is 8.55. The molecule has 0 radical (unpaired) electrons. The van der Waals surface area contributed by atoms with E-state index in [0.29, 0.717) is 6.61 Å². The van der Waals surface area contributed by atoms with Gasteiger partial charge in [-0.05, 0) is 25.2 Å². The second kappa shape index (κ2) is 5.98. The Bertz CT molecular complexity index is 116. The van der Waals surface area contributed by atoms with E-state index in [1.807, 2.05) is 0 Å². The first-order valence-electron chi connectivity index (χ1n) is 5.09. The summed E-state index contributed by atoms with van der Waals surface area (Å²) in [5.41, 5.74) is 0. The molecule has 1 saturated carbocycles. The molecule has 0 amide bonds. The third kappa shape index (κ3) is 4.46. The van der Waals surface area contributed by atoms with Gasteiger partial charge in [0.05, 0.1) is 0 Å². The monoisotopic (exact) mass is 234 g/mol. The lowest BCUT2D eigenvalue weighted by Crippen LogP contribution is -1.85. The molecule has 2 unspecified atom stereocenters. The van der Waals surface area contributed by atoms with Gasteiger partial charge in [0.15, 0.2) is 0 Å². The van der Waals surface area contributed by atoms with E-state index in [9.17, 15) is 0 Å². The van der Waals surface area contributed by atoms with E-state index in [4.69, 9.17) is 5.11 Å². The van der Waals surface area contributed by atoms with Crippen molar-refractivity contribution in [1.29, 1.82) is 0 Å². The van der Waals surface area contributed by atoms with Crippen molar-refractivity contribution in [3.05, 3.63) is 0 Å². The first-order chi connectivity index (χ1) is 5.84. The Morgan fingerprint density at radius 2 is 1.67 bits per heavy atom. The zero-order chi connectivity index (χ0) is 8.81. The lowest BCUT2D eigenvalue weighted by molar-refractivity contribution is 0.282. The van der Waals surface area contributed by atoms with Crippen LogP contribution in [0.5, 0.6) is 0 Å². The van der Waals surface area contributed by atoms with E-state index >= 15 is 0 Å². The van der Waals surface area contributed by atoms with E-state index in [-0.39, 0.29) is 0 Å². The van der Waals surface area contributed by atoms with Gasteiger partial charge in [0.2, 0.25) is 0 Å². The zero-order valence-corrected chi connectivity index (χ0v) is 9.22. The summed E-state index contributed by atoms with van der Waals surface area (Å²) in [6.45, 7) is 0.367. The highest BCUT2D eigenvalue weighted by Crippen LogP contribution is 2.41. The highest BCUT2D eigenvalue weighted by molar-refractivity contribution is 9.09. The summed E-state index contributed by atoms with van der Waals surface area (Å²) in [6, 6.07) is 0. The van der Waals surface area contributed by atoms with Crippen molar-refractivity contribution in [3.8, 4) is 0 Å². The summed E-state index contributed by atoms with van der Waals surface area (Å²) in [7, 11) is 0. The van der Waals surface area contributed by atoms with Gasteiger partial charge in [-0.15, -0.1) is 0 Å². The summed E-state index contributed by atoms with van der Waals surface area (Å²) in [4.78, 5) is 0.843.